The third-order valence-electron chi connectivity index (χ3n) is 5.28. The fourth-order valence-corrected chi connectivity index (χ4v) is 4.05. The molecule has 1 aliphatic rings. The van der Waals surface area contributed by atoms with Gasteiger partial charge in [0.1, 0.15) is 5.65 Å². The van der Waals surface area contributed by atoms with Crippen LogP contribution in [0.3, 0.4) is 0 Å². The molecule has 6 nitrogen and oxygen atoms in total. The van der Waals surface area contributed by atoms with Crippen LogP contribution < -0.4 is 10.6 Å². The summed E-state index contributed by atoms with van der Waals surface area (Å²) < 4.78 is 0. The second-order valence-corrected chi connectivity index (χ2v) is 7.70. The number of para-hydroxylation sites is 1. The molecular formula is C23H20ClN5O. The molecule has 1 aliphatic heterocycles. The lowest BCUT2D eigenvalue weighted by Gasteiger charge is -2.27. The van der Waals surface area contributed by atoms with Crippen molar-refractivity contribution in [2.24, 2.45) is 0 Å². The van der Waals surface area contributed by atoms with Gasteiger partial charge >= 0.3 is 6.03 Å². The van der Waals surface area contributed by atoms with Gasteiger partial charge in [0.25, 0.3) is 0 Å². The number of rotatable bonds is 3. The van der Waals surface area contributed by atoms with Crippen molar-refractivity contribution in [1.29, 1.82) is 0 Å². The van der Waals surface area contributed by atoms with Crippen LogP contribution >= 0.6 is 11.6 Å². The number of urea groups is 1. The lowest BCUT2D eigenvalue weighted by molar-refractivity contribution is 0.206. The number of amides is 2. The summed E-state index contributed by atoms with van der Waals surface area (Å²) in [6.07, 6.45) is 2.54. The van der Waals surface area contributed by atoms with E-state index in [1.165, 1.54) is 0 Å². The quantitative estimate of drug-likeness (QED) is 0.409. The van der Waals surface area contributed by atoms with Gasteiger partial charge in [-0.25, -0.2) is 9.78 Å². The van der Waals surface area contributed by atoms with Gasteiger partial charge in [0.05, 0.1) is 5.69 Å². The van der Waals surface area contributed by atoms with Crippen LogP contribution in [0.15, 0.2) is 66.9 Å². The highest BCUT2D eigenvalue weighted by atomic mass is 35.5. The van der Waals surface area contributed by atoms with Gasteiger partial charge in [-0.2, -0.15) is 0 Å². The first-order chi connectivity index (χ1) is 14.7. The van der Waals surface area contributed by atoms with Crippen LogP contribution in [0.2, 0.25) is 5.02 Å². The standard InChI is InChI=1S/C23H20ClN5O/c24-15-5-4-8-17(13-15)27-23(30)29-12-10-19-18(14-29)21-20(9-11-25-22(21)28-19)26-16-6-2-1-3-7-16/h1-9,11,13H,10,12,14H2,(H,27,30)(H2,25,26,28). The van der Waals surface area contributed by atoms with Crippen molar-refractivity contribution in [1.82, 2.24) is 14.9 Å². The Morgan fingerprint density at radius 2 is 1.90 bits per heavy atom. The first-order valence-electron chi connectivity index (χ1n) is 9.79. The molecule has 7 heteroatoms. The molecule has 0 unspecified atom stereocenters. The Morgan fingerprint density at radius 3 is 2.73 bits per heavy atom. The summed E-state index contributed by atoms with van der Waals surface area (Å²) in [5, 5.41) is 8.03. The van der Waals surface area contributed by atoms with E-state index in [2.05, 4.69) is 20.6 Å². The minimum absolute atomic E-state index is 0.140. The molecule has 0 fully saturated rings. The molecule has 150 valence electrons. The van der Waals surface area contributed by atoms with Crippen LogP contribution in [0, 0.1) is 0 Å². The molecule has 0 saturated carbocycles. The van der Waals surface area contributed by atoms with Crippen LogP contribution in [0.5, 0.6) is 0 Å². The molecule has 0 spiro atoms. The van der Waals surface area contributed by atoms with E-state index in [1.807, 2.05) is 53.4 Å². The van der Waals surface area contributed by atoms with Gasteiger partial charge in [-0.3, -0.25) is 0 Å². The Labute approximate surface area is 178 Å². The SMILES string of the molecule is O=C(Nc1cccc(Cl)c1)N1CCc2[nH]c3nccc(Nc4ccccc4)c3c2C1. The fourth-order valence-electron chi connectivity index (χ4n) is 3.86. The number of aromatic nitrogens is 2. The number of benzene rings is 2. The van der Waals surface area contributed by atoms with Crippen molar-refractivity contribution in [3.05, 3.63) is 83.1 Å². The first-order valence-corrected chi connectivity index (χ1v) is 10.2. The summed E-state index contributed by atoms with van der Waals surface area (Å²) in [6.45, 7) is 1.14. The molecule has 2 amide bonds. The van der Waals surface area contributed by atoms with Gasteiger partial charge in [-0.05, 0) is 36.4 Å². The average molecular weight is 418 g/mol. The monoisotopic (exact) mass is 417 g/mol. The molecule has 2 aromatic carbocycles. The molecule has 0 aliphatic carbocycles. The highest BCUT2D eigenvalue weighted by Gasteiger charge is 2.26. The van der Waals surface area contributed by atoms with Crippen molar-refractivity contribution in [3.63, 3.8) is 0 Å². The average Bonchev–Trinajstić information content (AvgIpc) is 3.13. The number of hydrogen-bond acceptors (Lipinski definition) is 3. The Kier molecular flexibility index (Phi) is 4.77. The number of pyridine rings is 1. The second-order valence-electron chi connectivity index (χ2n) is 7.27. The molecule has 3 N–H and O–H groups in total. The number of nitrogens with one attached hydrogen (secondary N) is 3. The summed E-state index contributed by atoms with van der Waals surface area (Å²) in [7, 11) is 0. The van der Waals surface area contributed by atoms with Crippen molar-refractivity contribution >= 4 is 45.7 Å². The van der Waals surface area contributed by atoms with E-state index in [0.29, 0.717) is 23.8 Å². The van der Waals surface area contributed by atoms with Crippen molar-refractivity contribution in [3.8, 4) is 0 Å². The number of H-pyrrole nitrogens is 1. The number of carbonyl (C=O) groups is 1. The Balaban J connectivity index is 1.44. The Hall–Kier alpha value is -3.51. The van der Waals surface area contributed by atoms with Gasteiger partial charge in [0.2, 0.25) is 0 Å². The summed E-state index contributed by atoms with van der Waals surface area (Å²) >= 11 is 6.03. The zero-order valence-corrected chi connectivity index (χ0v) is 16.9. The number of hydrogen-bond donors (Lipinski definition) is 3. The minimum atomic E-state index is -0.140. The molecular weight excluding hydrogens is 398 g/mol. The van der Waals surface area contributed by atoms with Gasteiger partial charge in [0.15, 0.2) is 0 Å². The molecule has 0 bridgehead atoms. The highest BCUT2D eigenvalue weighted by molar-refractivity contribution is 6.30. The van der Waals surface area contributed by atoms with Gasteiger partial charge in [-0.1, -0.05) is 35.9 Å². The normalized spacial score (nSPS) is 13.2. The maximum Gasteiger partial charge on any atom is 0.322 e. The molecule has 0 saturated heterocycles. The highest BCUT2D eigenvalue weighted by Crippen LogP contribution is 2.33. The van der Waals surface area contributed by atoms with E-state index in [0.717, 1.165) is 40.1 Å². The lowest BCUT2D eigenvalue weighted by Crippen LogP contribution is -2.38. The number of aromatic amines is 1. The van der Waals surface area contributed by atoms with E-state index >= 15 is 0 Å². The number of nitrogens with zero attached hydrogens (tertiary/aromatic N) is 2. The summed E-state index contributed by atoms with van der Waals surface area (Å²) in [5.41, 5.74) is 5.73. The number of anilines is 3. The summed E-state index contributed by atoms with van der Waals surface area (Å²) in [6, 6.07) is 19.0. The smallest absolute Gasteiger partial charge is 0.322 e. The predicted octanol–water partition coefficient (Wildman–Crippen LogP) is 5.55. The van der Waals surface area contributed by atoms with E-state index in [1.54, 1.807) is 18.3 Å². The zero-order valence-electron chi connectivity index (χ0n) is 16.2. The summed E-state index contributed by atoms with van der Waals surface area (Å²) in [5.74, 6) is 0. The fraction of sp³-hybridized carbons (Fsp3) is 0.130. The van der Waals surface area contributed by atoms with Crippen LogP contribution in [0.25, 0.3) is 11.0 Å². The van der Waals surface area contributed by atoms with Crippen LogP contribution in [-0.4, -0.2) is 27.4 Å². The van der Waals surface area contributed by atoms with Crippen LogP contribution in [0.4, 0.5) is 21.9 Å². The third kappa shape index (κ3) is 3.57. The maximum atomic E-state index is 12.9. The van der Waals surface area contributed by atoms with Crippen LogP contribution in [0.1, 0.15) is 11.3 Å². The molecule has 5 rings (SSSR count). The van der Waals surface area contributed by atoms with Gasteiger partial charge in [0, 0.05) is 58.7 Å². The number of halogens is 1. The molecule has 2 aromatic heterocycles. The second kappa shape index (κ2) is 7.72. The number of fused-ring (bicyclic) bond motifs is 3. The Bertz CT molecular complexity index is 1220. The van der Waals surface area contributed by atoms with Crippen molar-refractivity contribution in [2.75, 3.05) is 17.2 Å². The van der Waals surface area contributed by atoms with E-state index < -0.39 is 0 Å². The zero-order chi connectivity index (χ0) is 20.5. The molecule has 30 heavy (non-hydrogen) atoms. The topological polar surface area (TPSA) is 73.0 Å². The lowest BCUT2D eigenvalue weighted by atomic mass is 10.0. The van der Waals surface area contributed by atoms with Crippen molar-refractivity contribution in [2.45, 2.75) is 13.0 Å². The van der Waals surface area contributed by atoms with Crippen LogP contribution in [-0.2, 0) is 13.0 Å². The largest absolute Gasteiger partial charge is 0.355 e. The van der Waals surface area contributed by atoms with E-state index in [4.69, 9.17) is 11.6 Å². The summed E-state index contributed by atoms with van der Waals surface area (Å²) in [4.78, 5) is 22.6. The maximum absolute atomic E-state index is 12.9. The minimum Gasteiger partial charge on any atom is -0.355 e. The predicted molar refractivity (Wildman–Crippen MR) is 120 cm³/mol. The van der Waals surface area contributed by atoms with Gasteiger partial charge in [-0.15, -0.1) is 0 Å². The molecule has 0 radical (unpaired) electrons. The molecule has 3 heterocycles. The van der Waals surface area contributed by atoms with Crippen molar-refractivity contribution < 1.29 is 4.79 Å². The first kappa shape index (κ1) is 18.5. The van der Waals surface area contributed by atoms with E-state index in [-0.39, 0.29) is 6.03 Å². The van der Waals surface area contributed by atoms with E-state index in [9.17, 15) is 4.79 Å². The molecule has 4 aromatic rings. The van der Waals surface area contributed by atoms with Gasteiger partial charge < -0.3 is 20.5 Å². The Morgan fingerprint density at radius 1 is 1.07 bits per heavy atom. The third-order valence-corrected chi connectivity index (χ3v) is 5.52. The molecule has 0 atom stereocenters. The number of carbonyl (C=O) groups excluding carboxylic acids is 1.